The summed E-state index contributed by atoms with van der Waals surface area (Å²) in [5.41, 5.74) is -5.34. The summed E-state index contributed by atoms with van der Waals surface area (Å²) in [4.78, 5) is 21.8. The highest BCUT2D eigenvalue weighted by atomic mass is 35.5. The molecule has 0 aliphatic carbocycles. The van der Waals surface area contributed by atoms with Crippen LogP contribution < -0.4 is 20.5 Å². The molecule has 5 N–H and O–H groups in total. The van der Waals surface area contributed by atoms with Gasteiger partial charge in [-0.3, -0.25) is 9.53 Å². The van der Waals surface area contributed by atoms with Gasteiger partial charge in [-0.05, 0) is 62.7 Å². The number of fused-ring (bicyclic) bond motifs is 2. The lowest BCUT2D eigenvalue weighted by Crippen LogP contribution is -2.50. The molecule has 0 bridgehead atoms. The number of hydrogen-bond acceptors (Lipinski definition) is 12. The van der Waals surface area contributed by atoms with Gasteiger partial charge in [-0.15, -0.1) is 0 Å². The van der Waals surface area contributed by atoms with Gasteiger partial charge >= 0.3 is 19.9 Å². The van der Waals surface area contributed by atoms with Gasteiger partial charge in [0.2, 0.25) is 0 Å². The number of cyclic esters (lactones) is 1. The summed E-state index contributed by atoms with van der Waals surface area (Å²) in [6.45, 7) is 3.41. The van der Waals surface area contributed by atoms with Crippen LogP contribution in [0.5, 0.6) is 5.75 Å². The summed E-state index contributed by atoms with van der Waals surface area (Å²) in [7, 11) is -4.79. The first kappa shape index (κ1) is 36.0. The number of alkyl halides is 3. The predicted molar refractivity (Wildman–Crippen MR) is 173 cm³/mol. The number of hydrogen-bond donors (Lipinski definition) is 4. The van der Waals surface area contributed by atoms with E-state index < -0.39 is 68.2 Å². The number of aromatic nitrogens is 3. The van der Waals surface area contributed by atoms with E-state index in [4.69, 9.17) is 36.0 Å². The van der Waals surface area contributed by atoms with Crippen LogP contribution in [0.15, 0.2) is 61.1 Å². The SMILES string of the molecule is CCN(N)c1ncnc2c1ccn2C1OC(COP(=O)(NC2(C)C(=O)OCc3c(C(F)(F)F)cccc32)Oc2ccc(Cl)cc2)[C@@H](O)[C@@]1(C)O. The van der Waals surface area contributed by atoms with Crippen LogP contribution in [0.4, 0.5) is 19.0 Å². The first-order valence-corrected chi connectivity index (χ1v) is 17.2. The monoisotopic (exact) mass is 740 g/mol. The molecule has 4 heterocycles. The average molecular weight is 741 g/mol. The maximum atomic E-state index is 14.6. The highest BCUT2D eigenvalue weighted by Gasteiger charge is 2.55. The zero-order valence-electron chi connectivity index (χ0n) is 26.8. The zero-order chi connectivity index (χ0) is 36.2. The molecule has 0 saturated carbocycles. The maximum absolute atomic E-state index is 14.6. The van der Waals surface area contributed by atoms with Crippen molar-refractivity contribution in [3.05, 3.63) is 82.8 Å². The third-order valence-corrected chi connectivity index (χ3v) is 10.6. The number of nitrogens with two attached hydrogens (primary N) is 1. The maximum Gasteiger partial charge on any atom is 0.460 e. The van der Waals surface area contributed by atoms with Gasteiger partial charge in [-0.2, -0.15) is 18.3 Å². The molecule has 2 aromatic carbocycles. The molecule has 19 heteroatoms. The number of anilines is 1. The number of aliphatic hydroxyl groups excluding tert-OH is 1. The smallest absolute Gasteiger partial charge is 0.459 e. The molecule has 50 heavy (non-hydrogen) atoms. The number of halogens is 4. The average Bonchev–Trinajstić information content (AvgIpc) is 3.59. The number of ether oxygens (including phenoxy) is 2. The standard InChI is InChI=1S/C31H33ClF3N6O8P/c1-4-41(36)26-19-12-13-40(25(19)37-16-38-26)27-30(3,44)24(42)23(48-27)15-47-50(45,49-18-10-8-17(32)9-11-18)39-29(2)21-6-5-7-22(31(33,34)35)20(21)14-46-28(29)43/h5-13,16,23-24,27,42,44H,4,14-15,36H2,1-3H3,(H,39,45)/t23?,24-,27?,29?,30-,50?/m1/s1. The minimum atomic E-state index is -4.79. The Kier molecular flexibility index (Phi) is 9.41. The second kappa shape index (κ2) is 13.1. The Morgan fingerprint density at radius 1 is 1.20 bits per heavy atom. The number of esters is 1. The van der Waals surface area contributed by atoms with Gasteiger partial charge in [0.15, 0.2) is 12.0 Å². The number of benzene rings is 2. The first-order chi connectivity index (χ1) is 23.5. The first-order valence-electron chi connectivity index (χ1n) is 15.2. The summed E-state index contributed by atoms with van der Waals surface area (Å²) in [5.74, 6) is 5.39. The van der Waals surface area contributed by atoms with E-state index in [0.717, 1.165) is 12.1 Å². The second-order valence-corrected chi connectivity index (χ2v) is 14.2. The fourth-order valence-corrected chi connectivity index (χ4v) is 7.83. The lowest BCUT2D eigenvalue weighted by molar-refractivity contribution is -0.156. The molecular weight excluding hydrogens is 708 g/mol. The van der Waals surface area contributed by atoms with Crippen LogP contribution in [-0.4, -0.2) is 61.7 Å². The summed E-state index contributed by atoms with van der Waals surface area (Å²) in [6, 6.07) is 10.5. The molecule has 2 aliphatic heterocycles. The van der Waals surface area contributed by atoms with Crippen molar-refractivity contribution >= 4 is 42.2 Å². The van der Waals surface area contributed by atoms with Crippen molar-refractivity contribution in [1.29, 1.82) is 0 Å². The predicted octanol–water partition coefficient (Wildman–Crippen LogP) is 4.58. The lowest BCUT2D eigenvalue weighted by Gasteiger charge is -2.37. The Balaban J connectivity index is 1.32. The number of hydrazine groups is 1. The van der Waals surface area contributed by atoms with E-state index in [2.05, 4.69) is 15.1 Å². The van der Waals surface area contributed by atoms with Gasteiger partial charge in [-0.1, -0.05) is 23.7 Å². The van der Waals surface area contributed by atoms with Gasteiger partial charge in [0.05, 0.1) is 17.6 Å². The third kappa shape index (κ3) is 6.44. The number of nitrogens with one attached hydrogen (secondary N) is 1. The molecular formula is C31H33ClF3N6O8P. The van der Waals surface area contributed by atoms with E-state index in [1.165, 1.54) is 60.1 Å². The van der Waals surface area contributed by atoms with E-state index in [1.54, 1.807) is 12.3 Å². The molecule has 0 amide bonds. The van der Waals surface area contributed by atoms with Crippen molar-refractivity contribution in [2.75, 3.05) is 18.2 Å². The summed E-state index contributed by atoms with van der Waals surface area (Å²) in [6.07, 6.45) is -6.16. The quantitative estimate of drug-likeness (QED) is 0.0768. The lowest BCUT2D eigenvalue weighted by atomic mass is 9.85. The fourth-order valence-electron chi connectivity index (χ4n) is 6.04. The fraction of sp³-hybridized carbons (Fsp3) is 0.387. The van der Waals surface area contributed by atoms with Crippen LogP contribution in [-0.2, 0) is 41.7 Å². The highest BCUT2D eigenvalue weighted by molar-refractivity contribution is 7.52. The van der Waals surface area contributed by atoms with E-state index >= 15 is 0 Å². The molecule has 1 saturated heterocycles. The molecule has 2 aromatic heterocycles. The Morgan fingerprint density at radius 3 is 2.60 bits per heavy atom. The highest BCUT2D eigenvalue weighted by Crippen LogP contribution is 2.52. The molecule has 268 valence electrons. The van der Waals surface area contributed by atoms with Gasteiger partial charge in [0, 0.05) is 23.3 Å². The Labute approximate surface area is 288 Å². The Hall–Kier alpha value is -3.80. The van der Waals surface area contributed by atoms with Crippen molar-refractivity contribution in [3.8, 4) is 5.75 Å². The third-order valence-electron chi connectivity index (χ3n) is 8.69. The topological polar surface area (TPSA) is 184 Å². The van der Waals surface area contributed by atoms with Crippen LogP contribution in [0.3, 0.4) is 0 Å². The zero-order valence-corrected chi connectivity index (χ0v) is 28.4. The van der Waals surface area contributed by atoms with Crippen LogP contribution in [0.25, 0.3) is 11.0 Å². The van der Waals surface area contributed by atoms with E-state index in [1.807, 2.05) is 6.92 Å². The van der Waals surface area contributed by atoms with Crippen LogP contribution in [0.2, 0.25) is 5.02 Å². The van der Waals surface area contributed by atoms with Crippen molar-refractivity contribution < 1.29 is 51.3 Å². The van der Waals surface area contributed by atoms with Gasteiger partial charge < -0.3 is 28.8 Å². The molecule has 0 radical (unpaired) electrons. The van der Waals surface area contributed by atoms with Crippen LogP contribution in [0.1, 0.15) is 43.7 Å². The van der Waals surface area contributed by atoms with Crippen molar-refractivity contribution in [2.45, 2.75) is 63.1 Å². The molecule has 0 spiro atoms. The van der Waals surface area contributed by atoms with Gasteiger partial charge in [0.1, 0.15) is 47.7 Å². The van der Waals surface area contributed by atoms with Crippen molar-refractivity contribution in [2.24, 2.45) is 5.84 Å². The number of rotatable bonds is 10. The summed E-state index contributed by atoms with van der Waals surface area (Å²) < 4.78 is 80.5. The normalized spacial score (nSPS) is 26.4. The molecule has 2 aliphatic rings. The number of aliphatic hydroxyl groups is 2. The van der Waals surface area contributed by atoms with E-state index in [0.29, 0.717) is 28.4 Å². The number of carbonyl (C=O) groups excluding carboxylic acids is 1. The number of nitrogens with zero attached hydrogens (tertiary/aromatic N) is 4. The molecule has 14 nitrogen and oxygen atoms in total. The minimum absolute atomic E-state index is 0.0460. The molecule has 4 aromatic rings. The summed E-state index contributed by atoms with van der Waals surface area (Å²) in [5, 5.41) is 27.5. The second-order valence-electron chi connectivity index (χ2n) is 12.1. The van der Waals surface area contributed by atoms with Crippen LogP contribution >= 0.6 is 19.3 Å². The molecule has 6 rings (SSSR count). The Bertz CT molecular complexity index is 1960. The Morgan fingerprint density at radius 2 is 1.92 bits per heavy atom. The van der Waals surface area contributed by atoms with Crippen molar-refractivity contribution in [1.82, 2.24) is 19.6 Å². The minimum Gasteiger partial charge on any atom is -0.459 e. The van der Waals surface area contributed by atoms with Gasteiger partial charge in [0.25, 0.3) is 0 Å². The largest absolute Gasteiger partial charge is 0.460 e. The molecule has 6 atom stereocenters. The molecule has 1 fully saturated rings. The summed E-state index contributed by atoms with van der Waals surface area (Å²) >= 11 is 5.99. The van der Waals surface area contributed by atoms with Crippen molar-refractivity contribution in [3.63, 3.8) is 0 Å². The van der Waals surface area contributed by atoms with Crippen LogP contribution in [0, 0.1) is 0 Å². The van der Waals surface area contributed by atoms with E-state index in [9.17, 15) is 32.7 Å². The van der Waals surface area contributed by atoms with E-state index in [-0.39, 0.29) is 16.9 Å². The van der Waals surface area contributed by atoms with Gasteiger partial charge in [-0.25, -0.2) is 25.2 Å². The molecule has 4 unspecified atom stereocenters. The number of carbonyl (C=O) groups is 1.